The summed E-state index contributed by atoms with van der Waals surface area (Å²) in [5.41, 5.74) is 3.14. The fourth-order valence-corrected chi connectivity index (χ4v) is 4.91. The minimum Gasteiger partial charge on any atom is -0.350 e. The molecule has 0 fully saturated rings. The van der Waals surface area contributed by atoms with E-state index in [1.165, 1.54) is 21.6 Å². The quantitative estimate of drug-likeness (QED) is 0.426. The van der Waals surface area contributed by atoms with Gasteiger partial charge in [0, 0.05) is 43.5 Å². The first-order valence-corrected chi connectivity index (χ1v) is 11.4. The molecule has 166 valence electrons. The van der Waals surface area contributed by atoms with Crippen LogP contribution in [0, 0.1) is 0 Å². The standard InChI is InChI=1S/C24H21N5O3S/c1-28-14-15(16-7-4-5-10-19(16)28)13-21-26-27-24(33-21)25-20(30)11-6-12-29-22(31)17-8-2-3-9-18(17)23(29)32/h2-5,7-10,14H,6,11-13H2,1H3,(H,25,27,30). The Morgan fingerprint density at radius 2 is 1.70 bits per heavy atom. The predicted octanol–water partition coefficient (Wildman–Crippen LogP) is 3.64. The van der Waals surface area contributed by atoms with Crippen LogP contribution in [0.5, 0.6) is 0 Å². The van der Waals surface area contributed by atoms with Gasteiger partial charge in [-0.15, -0.1) is 10.2 Å². The molecule has 1 aliphatic rings. The van der Waals surface area contributed by atoms with Crippen LogP contribution >= 0.6 is 11.3 Å². The Kier molecular flexibility index (Phi) is 5.47. The fraction of sp³-hybridized carbons (Fsp3) is 0.208. The monoisotopic (exact) mass is 459 g/mol. The molecule has 0 atom stereocenters. The van der Waals surface area contributed by atoms with Gasteiger partial charge in [0.2, 0.25) is 11.0 Å². The molecule has 0 saturated carbocycles. The largest absolute Gasteiger partial charge is 0.350 e. The van der Waals surface area contributed by atoms with Crippen LogP contribution in [-0.4, -0.2) is 43.9 Å². The lowest BCUT2D eigenvalue weighted by atomic mass is 10.1. The van der Waals surface area contributed by atoms with Crippen molar-refractivity contribution in [3.63, 3.8) is 0 Å². The molecule has 5 rings (SSSR count). The summed E-state index contributed by atoms with van der Waals surface area (Å²) in [7, 11) is 2.01. The number of hydrogen-bond acceptors (Lipinski definition) is 6. The van der Waals surface area contributed by atoms with Crippen LogP contribution in [0.3, 0.4) is 0 Å². The Morgan fingerprint density at radius 3 is 2.45 bits per heavy atom. The Hall–Kier alpha value is -3.85. The van der Waals surface area contributed by atoms with Crippen molar-refractivity contribution in [2.24, 2.45) is 7.05 Å². The highest BCUT2D eigenvalue weighted by atomic mass is 32.1. The van der Waals surface area contributed by atoms with Crippen LogP contribution < -0.4 is 5.32 Å². The summed E-state index contributed by atoms with van der Waals surface area (Å²) in [4.78, 5) is 38.3. The third kappa shape index (κ3) is 4.03. The van der Waals surface area contributed by atoms with Crippen molar-refractivity contribution in [3.05, 3.63) is 76.4 Å². The van der Waals surface area contributed by atoms with Gasteiger partial charge in [0.1, 0.15) is 5.01 Å². The van der Waals surface area contributed by atoms with Crippen LogP contribution in [0.2, 0.25) is 0 Å². The maximum Gasteiger partial charge on any atom is 0.261 e. The zero-order valence-electron chi connectivity index (χ0n) is 17.9. The van der Waals surface area contributed by atoms with Gasteiger partial charge >= 0.3 is 0 Å². The van der Waals surface area contributed by atoms with Gasteiger partial charge in [0.05, 0.1) is 11.1 Å². The van der Waals surface area contributed by atoms with Gasteiger partial charge in [-0.2, -0.15) is 0 Å². The lowest BCUT2D eigenvalue weighted by Gasteiger charge is -2.13. The average molecular weight is 460 g/mol. The van der Waals surface area contributed by atoms with Gasteiger partial charge in [-0.05, 0) is 30.2 Å². The number of benzene rings is 2. The van der Waals surface area contributed by atoms with Crippen molar-refractivity contribution < 1.29 is 14.4 Å². The highest BCUT2D eigenvalue weighted by Gasteiger charge is 2.34. The summed E-state index contributed by atoms with van der Waals surface area (Å²) in [6.45, 7) is 0.197. The summed E-state index contributed by atoms with van der Waals surface area (Å²) in [5, 5.41) is 13.5. The molecule has 0 unspecified atom stereocenters. The highest BCUT2D eigenvalue weighted by Crippen LogP contribution is 2.26. The van der Waals surface area contributed by atoms with Gasteiger partial charge in [0.25, 0.3) is 11.8 Å². The van der Waals surface area contributed by atoms with E-state index in [0.717, 1.165) is 16.1 Å². The van der Waals surface area contributed by atoms with Crippen molar-refractivity contribution in [2.75, 3.05) is 11.9 Å². The van der Waals surface area contributed by atoms with Gasteiger partial charge < -0.3 is 9.88 Å². The van der Waals surface area contributed by atoms with E-state index in [0.29, 0.717) is 29.1 Å². The minimum absolute atomic E-state index is 0.172. The van der Waals surface area contributed by atoms with Crippen molar-refractivity contribution >= 4 is 45.1 Å². The number of nitrogens with zero attached hydrogens (tertiary/aromatic N) is 4. The molecule has 0 bridgehead atoms. The number of fused-ring (bicyclic) bond motifs is 2. The molecule has 3 heterocycles. The first-order valence-electron chi connectivity index (χ1n) is 10.6. The Balaban J connectivity index is 1.15. The molecule has 3 amide bonds. The summed E-state index contributed by atoms with van der Waals surface area (Å²) < 4.78 is 2.09. The average Bonchev–Trinajstić information content (AvgIpc) is 3.46. The van der Waals surface area contributed by atoms with E-state index in [9.17, 15) is 14.4 Å². The fourth-order valence-electron chi connectivity index (χ4n) is 4.13. The number of aromatic nitrogens is 3. The summed E-state index contributed by atoms with van der Waals surface area (Å²) in [6, 6.07) is 14.9. The molecule has 4 aromatic rings. The third-order valence-electron chi connectivity index (χ3n) is 5.70. The zero-order chi connectivity index (χ0) is 22.9. The molecule has 2 aromatic carbocycles. The molecule has 0 spiro atoms. The van der Waals surface area contributed by atoms with Crippen molar-refractivity contribution in [1.29, 1.82) is 0 Å². The maximum atomic E-state index is 12.4. The van der Waals surface area contributed by atoms with Crippen molar-refractivity contribution in [1.82, 2.24) is 19.7 Å². The number of rotatable bonds is 7. The lowest BCUT2D eigenvalue weighted by molar-refractivity contribution is -0.116. The molecule has 0 radical (unpaired) electrons. The van der Waals surface area contributed by atoms with E-state index in [1.807, 2.05) is 19.2 Å². The number of para-hydroxylation sites is 1. The Labute approximate surface area is 193 Å². The number of carbonyl (C=O) groups is 3. The van der Waals surface area contributed by atoms with E-state index in [2.05, 4.69) is 38.4 Å². The van der Waals surface area contributed by atoms with Crippen LogP contribution in [0.15, 0.2) is 54.7 Å². The number of anilines is 1. The number of aryl methyl sites for hydroxylation is 1. The van der Waals surface area contributed by atoms with Crippen molar-refractivity contribution in [3.8, 4) is 0 Å². The van der Waals surface area contributed by atoms with Gasteiger partial charge in [-0.3, -0.25) is 19.3 Å². The van der Waals surface area contributed by atoms with E-state index >= 15 is 0 Å². The van der Waals surface area contributed by atoms with Crippen LogP contribution in [0.4, 0.5) is 5.13 Å². The molecule has 1 N–H and O–H groups in total. The predicted molar refractivity (Wildman–Crippen MR) is 125 cm³/mol. The zero-order valence-corrected chi connectivity index (χ0v) is 18.8. The summed E-state index contributed by atoms with van der Waals surface area (Å²) >= 11 is 1.34. The third-order valence-corrected chi connectivity index (χ3v) is 6.54. The minimum atomic E-state index is -0.307. The number of carbonyl (C=O) groups excluding carboxylic acids is 3. The van der Waals surface area contributed by atoms with Gasteiger partial charge in [-0.25, -0.2) is 0 Å². The molecular weight excluding hydrogens is 438 g/mol. The highest BCUT2D eigenvalue weighted by molar-refractivity contribution is 7.15. The molecule has 9 heteroatoms. The Bertz CT molecular complexity index is 1350. The number of hydrogen-bond donors (Lipinski definition) is 1. The molecule has 1 aliphatic heterocycles. The normalized spacial score (nSPS) is 13.1. The second-order valence-electron chi connectivity index (χ2n) is 7.92. The van der Waals surface area contributed by atoms with Crippen LogP contribution in [0.25, 0.3) is 10.9 Å². The number of imide groups is 1. The molecule has 33 heavy (non-hydrogen) atoms. The van der Waals surface area contributed by atoms with E-state index in [4.69, 9.17) is 0 Å². The summed E-state index contributed by atoms with van der Waals surface area (Å²) in [5.74, 6) is -0.837. The van der Waals surface area contributed by atoms with Crippen LogP contribution in [0.1, 0.15) is 44.1 Å². The molecule has 0 saturated heterocycles. The first kappa shape index (κ1) is 21.0. The summed E-state index contributed by atoms with van der Waals surface area (Å²) in [6.07, 6.45) is 3.27. The van der Waals surface area contributed by atoms with Crippen molar-refractivity contribution in [2.45, 2.75) is 19.3 Å². The lowest BCUT2D eigenvalue weighted by Crippen LogP contribution is -2.31. The van der Waals surface area contributed by atoms with Crippen LogP contribution in [-0.2, 0) is 18.3 Å². The second kappa shape index (κ2) is 8.59. The molecule has 0 aliphatic carbocycles. The second-order valence-corrected chi connectivity index (χ2v) is 8.98. The Morgan fingerprint density at radius 1 is 1.00 bits per heavy atom. The van der Waals surface area contributed by atoms with Gasteiger partial charge in [0.15, 0.2) is 0 Å². The topological polar surface area (TPSA) is 97.2 Å². The van der Waals surface area contributed by atoms with E-state index in [1.54, 1.807) is 24.3 Å². The molecule has 8 nitrogen and oxygen atoms in total. The maximum absolute atomic E-state index is 12.4. The number of amides is 3. The van der Waals surface area contributed by atoms with E-state index < -0.39 is 0 Å². The molecule has 2 aromatic heterocycles. The SMILES string of the molecule is Cn1cc(Cc2nnc(NC(=O)CCCN3C(=O)c4ccccc4C3=O)s2)c2ccccc21. The number of nitrogens with one attached hydrogen (secondary N) is 1. The van der Waals surface area contributed by atoms with E-state index in [-0.39, 0.29) is 30.7 Å². The van der Waals surface area contributed by atoms with Gasteiger partial charge in [-0.1, -0.05) is 41.7 Å². The first-order chi connectivity index (χ1) is 16.0. The molecular formula is C24H21N5O3S. The smallest absolute Gasteiger partial charge is 0.261 e.